The van der Waals surface area contributed by atoms with Gasteiger partial charge in [0.2, 0.25) is 0 Å². The van der Waals surface area contributed by atoms with Crippen LogP contribution in [-0.2, 0) is 13.6 Å². The quantitative estimate of drug-likeness (QED) is 0.753. The lowest BCUT2D eigenvalue weighted by molar-refractivity contribution is 0.0697. The third-order valence-corrected chi connectivity index (χ3v) is 2.95. The summed E-state index contributed by atoms with van der Waals surface area (Å²) in [4.78, 5) is 19.3. The standard InChI is InChI=1S/C13H12N4O3/c1-17-5-4-14-11(17)7-15-13-16-9-3-2-8(12(18)19)6-10(9)20-13/h2-6H,7H2,1H3,(H,15,16)(H,18,19). The minimum atomic E-state index is -0.995. The van der Waals surface area contributed by atoms with E-state index in [0.717, 1.165) is 5.82 Å². The summed E-state index contributed by atoms with van der Waals surface area (Å²) in [5.74, 6) is -0.149. The molecule has 2 N–H and O–H groups in total. The number of carboxylic acids is 1. The zero-order valence-corrected chi connectivity index (χ0v) is 10.7. The molecule has 0 unspecified atom stereocenters. The molecule has 20 heavy (non-hydrogen) atoms. The van der Waals surface area contributed by atoms with Crippen LogP contribution in [0.4, 0.5) is 6.01 Å². The molecule has 7 heteroatoms. The van der Waals surface area contributed by atoms with E-state index in [2.05, 4.69) is 15.3 Å². The van der Waals surface area contributed by atoms with E-state index in [1.54, 1.807) is 12.3 Å². The van der Waals surface area contributed by atoms with Crippen molar-refractivity contribution in [2.75, 3.05) is 5.32 Å². The van der Waals surface area contributed by atoms with Crippen molar-refractivity contribution < 1.29 is 14.3 Å². The molecule has 0 aliphatic heterocycles. The van der Waals surface area contributed by atoms with Crippen molar-refractivity contribution in [2.24, 2.45) is 7.05 Å². The molecule has 0 saturated heterocycles. The number of oxazole rings is 1. The van der Waals surface area contributed by atoms with Crippen LogP contribution in [0.25, 0.3) is 11.1 Å². The van der Waals surface area contributed by atoms with Crippen LogP contribution in [0.3, 0.4) is 0 Å². The fraction of sp³-hybridized carbons (Fsp3) is 0.154. The van der Waals surface area contributed by atoms with Gasteiger partial charge >= 0.3 is 5.97 Å². The lowest BCUT2D eigenvalue weighted by Crippen LogP contribution is -2.05. The Balaban J connectivity index is 1.82. The average molecular weight is 272 g/mol. The molecule has 0 aliphatic rings. The first-order valence-corrected chi connectivity index (χ1v) is 5.97. The highest BCUT2D eigenvalue weighted by atomic mass is 16.4. The molecule has 0 radical (unpaired) electrons. The van der Waals surface area contributed by atoms with Gasteiger partial charge in [-0.15, -0.1) is 0 Å². The van der Waals surface area contributed by atoms with E-state index in [1.807, 2.05) is 17.8 Å². The topological polar surface area (TPSA) is 93.2 Å². The molecule has 0 atom stereocenters. The molecule has 0 saturated carbocycles. The Morgan fingerprint density at radius 3 is 3.05 bits per heavy atom. The molecule has 7 nitrogen and oxygen atoms in total. The first-order valence-electron chi connectivity index (χ1n) is 5.97. The SMILES string of the molecule is Cn1ccnc1CNc1nc2ccc(C(=O)O)cc2o1. The number of hydrogen-bond donors (Lipinski definition) is 2. The molecule has 0 spiro atoms. The summed E-state index contributed by atoms with van der Waals surface area (Å²) in [5.41, 5.74) is 1.22. The monoisotopic (exact) mass is 272 g/mol. The van der Waals surface area contributed by atoms with Gasteiger partial charge < -0.3 is 19.4 Å². The number of nitrogens with one attached hydrogen (secondary N) is 1. The number of anilines is 1. The second kappa shape index (κ2) is 4.69. The van der Waals surface area contributed by atoms with Crippen molar-refractivity contribution >= 4 is 23.1 Å². The lowest BCUT2D eigenvalue weighted by Gasteiger charge is -2.01. The highest BCUT2D eigenvalue weighted by Gasteiger charge is 2.10. The van der Waals surface area contributed by atoms with E-state index in [9.17, 15) is 4.79 Å². The summed E-state index contributed by atoms with van der Waals surface area (Å²) in [7, 11) is 1.90. The molecule has 3 rings (SSSR count). The van der Waals surface area contributed by atoms with Crippen LogP contribution in [0.5, 0.6) is 0 Å². The third kappa shape index (κ3) is 2.20. The number of benzene rings is 1. The molecule has 2 aromatic heterocycles. The molecule has 0 bridgehead atoms. The van der Waals surface area contributed by atoms with Crippen LogP contribution in [0.2, 0.25) is 0 Å². The van der Waals surface area contributed by atoms with E-state index in [-0.39, 0.29) is 5.56 Å². The fourth-order valence-corrected chi connectivity index (χ4v) is 1.85. The number of fused-ring (bicyclic) bond motifs is 1. The Kier molecular flexibility index (Phi) is 2.86. The second-order valence-corrected chi connectivity index (χ2v) is 4.31. The van der Waals surface area contributed by atoms with Crippen molar-refractivity contribution in [1.29, 1.82) is 0 Å². The molecule has 0 aliphatic carbocycles. The molecule has 0 fully saturated rings. The van der Waals surface area contributed by atoms with Gasteiger partial charge in [-0.3, -0.25) is 0 Å². The molecule has 0 amide bonds. The lowest BCUT2D eigenvalue weighted by atomic mass is 10.2. The summed E-state index contributed by atoms with van der Waals surface area (Å²) in [5, 5.41) is 11.9. The van der Waals surface area contributed by atoms with Crippen LogP contribution in [0.15, 0.2) is 35.0 Å². The zero-order valence-electron chi connectivity index (χ0n) is 10.7. The zero-order chi connectivity index (χ0) is 14.1. The molecule has 3 aromatic rings. The number of nitrogens with zero attached hydrogens (tertiary/aromatic N) is 3. The third-order valence-electron chi connectivity index (χ3n) is 2.95. The fourth-order valence-electron chi connectivity index (χ4n) is 1.85. The van der Waals surface area contributed by atoms with Gasteiger partial charge in [-0.05, 0) is 18.2 Å². The van der Waals surface area contributed by atoms with Gasteiger partial charge in [0.15, 0.2) is 5.58 Å². The summed E-state index contributed by atoms with van der Waals surface area (Å²) in [6.45, 7) is 0.474. The van der Waals surface area contributed by atoms with E-state index in [0.29, 0.717) is 23.7 Å². The predicted molar refractivity (Wildman–Crippen MR) is 71.5 cm³/mol. The van der Waals surface area contributed by atoms with Gasteiger partial charge in [0.25, 0.3) is 6.01 Å². The summed E-state index contributed by atoms with van der Waals surface area (Å²) in [6.07, 6.45) is 3.56. The van der Waals surface area contributed by atoms with Gasteiger partial charge in [0.05, 0.1) is 12.1 Å². The van der Waals surface area contributed by atoms with Gasteiger partial charge in [-0.25, -0.2) is 9.78 Å². The number of carboxylic acid groups (broad SMARTS) is 1. The summed E-state index contributed by atoms with van der Waals surface area (Å²) < 4.78 is 7.36. The normalized spacial score (nSPS) is 10.8. The minimum absolute atomic E-state index is 0.171. The smallest absolute Gasteiger partial charge is 0.335 e. The van der Waals surface area contributed by atoms with Crippen LogP contribution >= 0.6 is 0 Å². The summed E-state index contributed by atoms with van der Waals surface area (Å²) >= 11 is 0. The Morgan fingerprint density at radius 2 is 2.35 bits per heavy atom. The van der Waals surface area contributed by atoms with Crippen LogP contribution in [0, 0.1) is 0 Å². The minimum Gasteiger partial charge on any atom is -0.478 e. The maximum Gasteiger partial charge on any atom is 0.335 e. The maximum atomic E-state index is 10.9. The Bertz CT molecular complexity index is 775. The van der Waals surface area contributed by atoms with Gasteiger partial charge in [-0.2, -0.15) is 4.98 Å². The molecule has 2 heterocycles. The number of aromatic nitrogens is 3. The first kappa shape index (κ1) is 12.2. The van der Waals surface area contributed by atoms with E-state index >= 15 is 0 Å². The highest BCUT2D eigenvalue weighted by molar-refractivity contribution is 5.92. The number of carbonyl (C=O) groups is 1. The van der Waals surface area contributed by atoms with Gasteiger partial charge in [0, 0.05) is 19.4 Å². The van der Waals surface area contributed by atoms with Crippen molar-refractivity contribution in [2.45, 2.75) is 6.54 Å². The van der Waals surface area contributed by atoms with Crippen molar-refractivity contribution in [3.8, 4) is 0 Å². The van der Waals surface area contributed by atoms with E-state index in [1.165, 1.54) is 12.1 Å². The van der Waals surface area contributed by atoms with Crippen LogP contribution in [0.1, 0.15) is 16.2 Å². The largest absolute Gasteiger partial charge is 0.478 e. The van der Waals surface area contributed by atoms with Crippen molar-refractivity contribution in [3.05, 3.63) is 42.0 Å². The van der Waals surface area contributed by atoms with Crippen LogP contribution in [-0.4, -0.2) is 25.6 Å². The van der Waals surface area contributed by atoms with Gasteiger partial charge in [0.1, 0.15) is 11.3 Å². The molecule has 1 aromatic carbocycles. The molecular weight excluding hydrogens is 260 g/mol. The number of rotatable bonds is 4. The van der Waals surface area contributed by atoms with Crippen LogP contribution < -0.4 is 5.32 Å². The average Bonchev–Trinajstić information content (AvgIpc) is 3.00. The molecular formula is C13H12N4O3. The number of aryl methyl sites for hydroxylation is 1. The van der Waals surface area contributed by atoms with Crippen molar-refractivity contribution in [3.63, 3.8) is 0 Å². The van der Waals surface area contributed by atoms with Crippen molar-refractivity contribution in [1.82, 2.24) is 14.5 Å². The van der Waals surface area contributed by atoms with Gasteiger partial charge in [-0.1, -0.05) is 0 Å². The van der Waals surface area contributed by atoms with E-state index in [4.69, 9.17) is 9.52 Å². The first-order chi connectivity index (χ1) is 9.63. The number of aromatic carboxylic acids is 1. The Hall–Kier alpha value is -2.83. The second-order valence-electron chi connectivity index (χ2n) is 4.31. The Morgan fingerprint density at radius 1 is 1.50 bits per heavy atom. The predicted octanol–water partition coefficient (Wildman–Crippen LogP) is 1.87. The highest BCUT2D eigenvalue weighted by Crippen LogP contribution is 2.20. The number of imidazole rings is 1. The van der Waals surface area contributed by atoms with E-state index < -0.39 is 5.97 Å². The maximum absolute atomic E-state index is 10.9. The number of hydrogen-bond acceptors (Lipinski definition) is 5. The summed E-state index contributed by atoms with van der Waals surface area (Å²) in [6, 6.07) is 4.91. The Labute approximate surface area is 113 Å². The molecule has 102 valence electrons.